The number of nitrogens with one attached hydrogen (secondary N) is 1. The summed E-state index contributed by atoms with van der Waals surface area (Å²) in [7, 11) is 3.72. The van der Waals surface area contributed by atoms with Crippen molar-refractivity contribution in [3.63, 3.8) is 0 Å². The highest BCUT2D eigenvalue weighted by Gasteiger charge is 2.29. The molecule has 1 saturated heterocycles. The van der Waals surface area contributed by atoms with Gasteiger partial charge in [0.25, 0.3) is 11.8 Å². The maximum absolute atomic E-state index is 13.2. The summed E-state index contributed by atoms with van der Waals surface area (Å²) in [6, 6.07) is 13.5. The second-order valence-corrected chi connectivity index (χ2v) is 8.63. The van der Waals surface area contributed by atoms with Gasteiger partial charge in [-0.2, -0.15) is 0 Å². The summed E-state index contributed by atoms with van der Waals surface area (Å²) < 4.78 is 5.62. The lowest BCUT2D eigenvalue weighted by atomic mass is 10.1. The molecule has 1 atom stereocenters. The van der Waals surface area contributed by atoms with E-state index in [1.165, 1.54) is 10.5 Å². The van der Waals surface area contributed by atoms with Gasteiger partial charge < -0.3 is 19.9 Å². The van der Waals surface area contributed by atoms with Crippen molar-refractivity contribution in [1.29, 1.82) is 0 Å². The summed E-state index contributed by atoms with van der Waals surface area (Å²) in [5, 5.41) is 3.55. The Morgan fingerprint density at radius 3 is 2.71 bits per heavy atom. The van der Waals surface area contributed by atoms with Crippen LogP contribution in [-0.4, -0.2) is 74.5 Å². The number of carbonyl (C=O) groups excluding carboxylic acids is 2. The van der Waals surface area contributed by atoms with Crippen molar-refractivity contribution in [2.45, 2.75) is 12.6 Å². The second kappa shape index (κ2) is 9.26. The van der Waals surface area contributed by atoms with E-state index < -0.39 is 0 Å². The normalized spacial score (nSPS) is 20.0. The second-order valence-electron chi connectivity index (χ2n) is 8.20. The molecule has 31 heavy (non-hydrogen) atoms. The Hall–Kier alpha value is -2.61. The number of anilines is 1. The number of benzene rings is 2. The van der Waals surface area contributed by atoms with Gasteiger partial charge in [-0.25, -0.2) is 0 Å². The number of fused-ring (bicyclic) bond motifs is 1. The number of halogens is 1. The van der Waals surface area contributed by atoms with E-state index in [1.54, 1.807) is 19.2 Å². The van der Waals surface area contributed by atoms with E-state index in [4.69, 9.17) is 16.3 Å². The van der Waals surface area contributed by atoms with Crippen LogP contribution in [0.3, 0.4) is 0 Å². The van der Waals surface area contributed by atoms with Gasteiger partial charge in [-0.15, -0.1) is 0 Å². The molecule has 1 N–H and O–H groups in total. The van der Waals surface area contributed by atoms with Crippen molar-refractivity contribution in [2.24, 2.45) is 0 Å². The smallest absolute Gasteiger partial charge is 0.264 e. The minimum Gasteiger partial charge on any atom is -0.481 e. The molecule has 2 aliphatic rings. The Morgan fingerprint density at radius 2 is 1.94 bits per heavy atom. The number of nitrogens with zero attached hydrogens (tertiary/aromatic N) is 3. The van der Waals surface area contributed by atoms with Gasteiger partial charge in [-0.05, 0) is 24.7 Å². The van der Waals surface area contributed by atoms with Gasteiger partial charge in [0.2, 0.25) is 0 Å². The van der Waals surface area contributed by atoms with Crippen LogP contribution in [0, 0.1) is 0 Å². The third-order valence-corrected chi connectivity index (χ3v) is 5.97. The van der Waals surface area contributed by atoms with Crippen LogP contribution in [0.5, 0.6) is 5.75 Å². The van der Waals surface area contributed by atoms with Crippen LogP contribution in [-0.2, 0) is 11.3 Å². The van der Waals surface area contributed by atoms with Crippen LogP contribution in [0.15, 0.2) is 42.5 Å². The lowest BCUT2D eigenvalue weighted by molar-refractivity contribution is -0.121. The molecular formula is C23H27ClN4O3. The van der Waals surface area contributed by atoms with Gasteiger partial charge >= 0.3 is 0 Å². The van der Waals surface area contributed by atoms with Crippen LogP contribution in [0.1, 0.15) is 15.9 Å². The number of likely N-dealkylation sites (N-methyl/N-ethyl adjacent to an activating group) is 2. The Labute approximate surface area is 187 Å². The quantitative estimate of drug-likeness (QED) is 0.786. The first-order valence-corrected chi connectivity index (χ1v) is 10.8. The fourth-order valence-electron chi connectivity index (χ4n) is 4.09. The highest BCUT2D eigenvalue weighted by Crippen LogP contribution is 2.37. The molecule has 4 rings (SSSR count). The van der Waals surface area contributed by atoms with Gasteiger partial charge in [0, 0.05) is 44.8 Å². The van der Waals surface area contributed by atoms with E-state index in [-0.39, 0.29) is 24.5 Å². The van der Waals surface area contributed by atoms with Crippen molar-refractivity contribution in [1.82, 2.24) is 15.1 Å². The molecule has 2 aromatic rings. The fraction of sp³-hybridized carbons (Fsp3) is 0.391. The number of ether oxygens (including phenoxy) is 1. The van der Waals surface area contributed by atoms with Gasteiger partial charge in [0.05, 0.1) is 17.3 Å². The van der Waals surface area contributed by atoms with Gasteiger partial charge in [-0.3, -0.25) is 14.5 Å². The van der Waals surface area contributed by atoms with Crippen molar-refractivity contribution >= 4 is 29.1 Å². The summed E-state index contributed by atoms with van der Waals surface area (Å²) in [6.45, 7) is 4.10. The molecule has 0 saturated carbocycles. The lowest BCUT2D eigenvalue weighted by Gasteiger charge is -2.29. The van der Waals surface area contributed by atoms with Crippen molar-refractivity contribution in [3.8, 4) is 5.75 Å². The Balaban J connectivity index is 1.52. The van der Waals surface area contributed by atoms with Crippen LogP contribution >= 0.6 is 11.6 Å². The molecule has 2 aromatic carbocycles. The molecule has 7 nitrogen and oxygen atoms in total. The molecular weight excluding hydrogens is 416 g/mol. The van der Waals surface area contributed by atoms with Gasteiger partial charge in [-0.1, -0.05) is 41.9 Å². The summed E-state index contributed by atoms with van der Waals surface area (Å²) in [6.07, 6.45) is 0. The lowest BCUT2D eigenvalue weighted by Crippen LogP contribution is -2.46. The van der Waals surface area contributed by atoms with Crippen molar-refractivity contribution in [2.75, 3.05) is 51.8 Å². The van der Waals surface area contributed by atoms with Crippen LogP contribution < -0.4 is 15.0 Å². The van der Waals surface area contributed by atoms with E-state index >= 15 is 0 Å². The third kappa shape index (κ3) is 5.01. The molecule has 164 valence electrons. The van der Waals surface area contributed by atoms with Crippen molar-refractivity contribution < 1.29 is 14.3 Å². The number of amides is 2. The van der Waals surface area contributed by atoms with E-state index in [2.05, 4.69) is 34.3 Å². The topological polar surface area (TPSA) is 65.1 Å². The average Bonchev–Trinajstić information content (AvgIpc) is 2.92. The van der Waals surface area contributed by atoms with E-state index in [0.29, 0.717) is 22.0 Å². The number of rotatable bonds is 4. The molecule has 0 bridgehead atoms. The van der Waals surface area contributed by atoms with Gasteiger partial charge in [0.1, 0.15) is 0 Å². The molecule has 1 unspecified atom stereocenters. The molecule has 8 heteroatoms. The number of hydrogen-bond acceptors (Lipinski definition) is 5. The molecule has 0 radical (unpaired) electrons. The van der Waals surface area contributed by atoms with E-state index in [9.17, 15) is 9.59 Å². The number of carbonyl (C=O) groups is 2. The summed E-state index contributed by atoms with van der Waals surface area (Å²) >= 11 is 6.25. The molecule has 0 spiro atoms. The Kier molecular flexibility index (Phi) is 6.46. The van der Waals surface area contributed by atoms with E-state index in [0.717, 1.165) is 32.7 Å². The van der Waals surface area contributed by atoms with Crippen molar-refractivity contribution in [3.05, 3.63) is 58.6 Å². The average molecular weight is 443 g/mol. The Bertz CT molecular complexity index is 969. The fourth-order valence-corrected chi connectivity index (χ4v) is 4.31. The third-order valence-electron chi connectivity index (χ3n) is 5.75. The predicted octanol–water partition coefficient (Wildman–Crippen LogP) is 2.24. The summed E-state index contributed by atoms with van der Waals surface area (Å²) in [5.41, 5.74) is 2.11. The summed E-state index contributed by atoms with van der Waals surface area (Å²) in [4.78, 5) is 31.3. The maximum atomic E-state index is 13.2. The SMILES string of the molecule is CN1CCN(Cc2ccccc2)CC(NC(=O)c2cc(Cl)cc3c2OCC(=O)N3C)C1. The minimum atomic E-state index is -0.249. The standard InChI is InChI=1S/C23H27ClN4O3/c1-26-8-9-28(12-16-6-4-3-5-7-16)14-18(13-26)25-23(30)19-10-17(24)11-20-22(19)31-15-21(29)27(20)2/h3-7,10-11,18H,8-9,12-15H2,1-2H3,(H,25,30). The Morgan fingerprint density at radius 1 is 1.16 bits per heavy atom. The number of hydrogen-bond donors (Lipinski definition) is 1. The largest absolute Gasteiger partial charge is 0.481 e. The predicted molar refractivity (Wildman–Crippen MR) is 121 cm³/mol. The molecule has 2 heterocycles. The highest BCUT2D eigenvalue weighted by molar-refractivity contribution is 6.31. The van der Waals surface area contributed by atoms with Crippen LogP contribution in [0.4, 0.5) is 5.69 Å². The molecule has 2 aliphatic heterocycles. The molecule has 0 aromatic heterocycles. The zero-order valence-corrected chi connectivity index (χ0v) is 18.6. The summed E-state index contributed by atoms with van der Waals surface area (Å²) in [5.74, 6) is -0.0309. The molecule has 1 fully saturated rings. The first-order valence-electron chi connectivity index (χ1n) is 10.4. The van der Waals surface area contributed by atoms with Crippen LogP contribution in [0.25, 0.3) is 0 Å². The zero-order chi connectivity index (χ0) is 22.0. The zero-order valence-electron chi connectivity index (χ0n) is 17.8. The highest BCUT2D eigenvalue weighted by atomic mass is 35.5. The van der Waals surface area contributed by atoms with Crippen LogP contribution in [0.2, 0.25) is 5.02 Å². The monoisotopic (exact) mass is 442 g/mol. The molecule has 0 aliphatic carbocycles. The first kappa shape index (κ1) is 21.6. The first-order chi connectivity index (χ1) is 14.9. The maximum Gasteiger partial charge on any atom is 0.264 e. The minimum absolute atomic E-state index is 0.0544. The molecule has 2 amide bonds. The van der Waals surface area contributed by atoms with E-state index in [1.807, 2.05) is 18.2 Å². The van der Waals surface area contributed by atoms with Gasteiger partial charge in [0.15, 0.2) is 12.4 Å².